The Bertz CT molecular complexity index is 838. The Morgan fingerprint density at radius 3 is 2.56 bits per heavy atom. The summed E-state index contributed by atoms with van der Waals surface area (Å²) in [7, 11) is 1.53. The number of hydrogen-bond acceptors (Lipinski definition) is 4. The molecule has 27 heavy (non-hydrogen) atoms. The average Bonchev–Trinajstić information content (AvgIpc) is 2.64. The van der Waals surface area contributed by atoms with Crippen LogP contribution < -0.4 is 5.32 Å². The maximum atomic E-state index is 13.2. The molecule has 142 valence electrons. The number of esters is 1. The minimum atomic E-state index is -0.718. The van der Waals surface area contributed by atoms with Crippen LogP contribution in [0.4, 0.5) is 4.39 Å². The van der Waals surface area contributed by atoms with E-state index in [1.807, 2.05) is 6.07 Å². The van der Waals surface area contributed by atoms with E-state index in [4.69, 9.17) is 4.74 Å². The molecule has 0 aliphatic heterocycles. The highest BCUT2D eigenvalue weighted by Gasteiger charge is 2.14. The largest absolute Gasteiger partial charge is 0.454 e. The molecule has 7 heteroatoms. The third-order valence-electron chi connectivity index (χ3n) is 3.87. The van der Waals surface area contributed by atoms with E-state index in [0.29, 0.717) is 11.1 Å². The van der Waals surface area contributed by atoms with Crippen molar-refractivity contribution in [1.82, 2.24) is 10.2 Å². The summed E-state index contributed by atoms with van der Waals surface area (Å²) in [6, 6.07) is 12.9. The van der Waals surface area contributed by atoms with Crippen LogP contribution in [0.3, 0.4) is 0 Å². The number of carbonyl (C=O) groups is 3. The maximum absolute atomic E-state index is 13.2. The summed E-state index contributed by atoms with van der Waals surface area (Å²) >= 11 is 0. The van der Waals surface area contributed by atoms with Crippen molar-refractivity contribution in [1.29, 1.82) is 0 Å². The minimum Gasteiger partial charge on any atom is -0.454 e. The molecular weight excluding hydrogens is 351 g/mol. The lowest BCUT2D eigenvalue weighted by Crippen LogP contribution is -2.34. The number of amides is 2. The molecule has 2 aromatic rings. The molecule has 1 N–H and O–H groups in total. The van der Waals surface area contributed by atoms with Gasteiger partial charge in [0.2, 0.25) is 0 Å². The quantitative estimate of drug-likeness (QED) is 0.755. The molecule has 0 aliphatic rings. The summed E-state index contributed by atoms with van der Waals surface area (Å²) in [6.07, 6.45) is 0. The first-order valence-corrected chi connectivity index (χ1v) is 8.34. The van der Waals surface area contributed by atoms with Gasteiger partial charge in [0.25, 0.3) is 11.8 Å². The molecule has 0 atom stereocenters. The topological polar surface area (TPSA) is 75.7 Å². The fraction of sp³-hybridized carbons (Fsp3) is 0.250. The molecule has 2 rings (SSSR count). The van der Waals surface area contributed by atoms with Gasteiger partial charge >= 0.3 is 5.97 Å². The highest BCUT2D eigenvalue weighted by atomic mass is 19.1. The lowest BCUT2D eigenvalue weighted by Gasteiger charge is -2.17. The van der Waals surface area contributed by atoms with E-state index < -0.39 is 18.5 Å². The van der Waals surface area contributed by atoms with Crippen molar-refractivity contribution in [2.24, 2.45) is 0 Å². The van der Waals surface area contributed by atoms with Crippen molar-refractivity contribution in [2.45, 2.75) is 13.5 Å². The Labute approximate surface area is 156 Å². The predicted molar refractivity (Wildman–Crippen MR) is 97.3 cm³/mol. The smallest absolute Gasteiger partial charge is 0.325 e. The van der Waals surface area contributed by atoms with E-state index in [1.54, 1.807) is 37.3 Å². The number of ether oxygens (including phenoxy) is 1. The summed E-state index contributed by atoms with van der Waals surface area (Å²) in [5, 5.41) is 2.46. The molecule has 2 aromatic carbocycles. The van der Waals surface area contributed by atoms with Crippen LogP contribution in [0.15, 0.2) is 48.5 Å². The zero-order valence-electron chi connectivity index (χ0n) is 15.2. The third kappa shape index (κ3) is 6.22. The Hall–Kier alpha value is -3.22. The van der Waals surface area contributed by atoms with E-state index in [-0.39, 0.29) is 24.8 Å². The van der Waals surface area contributed by atoms with Crippen LogP contribution in [0, 0.1) is 12.7 Å². The lowest BCUT2D eigenvalue weighted by atomic mass is 10.1. The van der Waals surface area contributed by atoms with Crippen molar-refractivity contribution < 1.29 is 23.5 Å². The SMILES string of the molecule is Cc1ccccc1C(=O)NCC(=O)OCC(=O)N(C)Cc1cccc(F)c1. The molecule has 0 heterocycles. The average molecular weight is 372 g/mol. The van der Waals surface area contributed by atoms with Gasteiger partial charge in [0.15, 0.2) is 6.61 Å². The van der Waals surface area contributed by atoms with Gasteiger partial charge in [0.05, 0.1) is 0 Å². The van der Waals surface area contributed by atoms with Crippen LogP contribution in [0.25, 0.3) is 0 Å². The van der Waals surface area contributed by atoms with Gasteiger partial charge in [-0.25, -0.2) is 4.39 Å². The fourth-order valence-corrected chi connectivity index (χ4v) is 2.38. The number of hydrogen-bond donors (Lipinski definition) is 1. The first kappa shape index (κ1) is 20.1. The van der Waals surface area contributed by atoms with Gasteiger partial charge in [-0.2, -0.15) is 0 Å². The van der Waals surface area contributed by atoms with E-state index in [9.17, 15) is 18.8 Å². The fourth-order valence-electron chi connectivity index (χ4n) is 2.38. The number of nitrogens with one attached hydrogen (secondary N) is 1. The summed E-state index contributed by atoms with van der Waals surface area (Å²) in [6.45, 7) is 1.19. The van der Waals surface area contributed by atoms with E-state index in [0.717, 1.165) is 5.56 Å². The summed E-state index contributed by atoms with van der Waals surface area (Å²) < 4.78 is 18.0. The first-order valence-electron chi connectivity index (χ1n) is 8.34. The molecule has 0 aromatic heterocycles. The molecule has 0 unspecified atom stereocenters. The second-order valence-electron chi connectivity index (χ2n) is 6.04. The van der Waals surface area contributed by atoms with Crippen molar-refractivity contribution in [3.63, 3.8) is 0 Å². The number of likely N-dealkylation sites (N-methyl/N-ethyl adjacent to an activating group) is 1. The Balaban J connectivity index is 1.75. The lowest BCUT2D eigenvalue weighted by molar-refractivity contribution is -0.150. The molecule has 0 saturated carbocycles. The van der Waals surface area contributed by atoms with Gasteiger partial charge in [-0.3, -0.25) is 14.4 Å². The monoisotopic (exact) mass is 372 g/mol. The second-order valence-corrected chi connectivity index (χ2v) is 6.04. The normalized spacial score (nSPS) is 10.2. The Morgan fingerprint density at radius 1 is 1.11 bits per heavy atom. The molecule has 0 spiro atoms. The second kappa shape index (κ2) is 9.47. The van der Waals surface area contributed by atoms with Crippen molar-refractivity contribution >= 4 is 17.8 Å². The van der Waals surface area contributed by atoms with Crippen molar-refractivity contribution in [2.75, 3.05) is 20.2 Å². The van der Waals surface area contributed by atoms with Crippen LogP contribution in [0.5, 0.6) is 0 Å². The van der Waals surface area contributed by atoms with E-state index in [1.165, 1.54) is 24.1 Å². The molecule has 0 aliphatic carbocycles. The molecule has 0 fully saturated rings. The van der Waals surface area contributed by atoms with Crippen LogP contribution in [-0.4, -0.2) is 42.9 Å². The van der Waals surface area contributed by atoms with E-state index >= 15 is 0 Å². The predicted octanol–water partition coefficient (Wildman–Crippen LogP) is 2.07. The van der Waals surface area contributed by atoms with E-state index in [2.05, 4.69) is 5.32 Å². The zero-order chi connectivity index (χ0) is 19.8. The van der Waals surface area contributed by atoms with Crippen molar-refractivity contribution in [3.05, 3.63) is 71.0 Å². The number of benzene rings is 2. The van der Waals surface area contributed by atoms with Crippen LogP contribution in [0.2, 0.25) is 0 Å². The van der Waals surface area contributed by atoms with Crippen LogP contribution >= 0.6 is 0 Å². The molecule has 6 nitrogen and oxygen atoms in total. The zero-order valence-corrected chi connectivity index (χ0v) is 15.2. The Morgan fingerprint density at radius 2 is 1.85 bits per heavy atom. The van der Waals surface area contributed by atoms with Crippen LogP contribution in [-0.2, 0) is 20.9 Å². The molecular formula is C20H21FN2O4. The van der Waals surface area contributed by atoms with Gasteiger partial charge in [-0.1, -0.05) is 30.3 Å². The highest BCUT2D eigenvalue weighted by Crippen LogP contribution is 2.07. The van der Waals surface area contributed by atoms with Gasteiger partial charge in [0.1, 0.15) is 12.4 Å². The number of halogens is 1. The number of carbonyl (C=O) groups excluding carboxylic acids is 3. The van der Waals surface area contributed by atoms with Gasteiger partial charge in [-0.15, -0.1) is 0 Å². The van der Waals surface area contributed by atoms with Crippen molar-refractivity contribution in [3.8, 4) is 0 Å². The minimum absolute atomic E-state index is 0.193. The molecule has 2 amide bonds. The summed E-state index contributed by atoms with van der Waals surface area (Å²) in [5.41, 5.74) is 1.89. The van der Waals surface area contributed by atoms with Gasteiger partial charge < -0.3 is 15.0 Å². The summed E-state index contributed by atoms with van der Waals surface area (Å²) in [5.74, 6) is -1.92. The standard InChI is InChI=1S/C20H21FN2O4/c1-14-6-3-4-9-17(14)20(26)22-11-19(25)27-13-18(24)23(2)12-15-7-5-8-16(21)10-15/h3-10H,11-13H2,1-2H3,(H,22,26). The van der Waals surface area contributed by atoms with Gasteiger partial charge in [-0.05, 0) is 36.2 Å². The number of nitrogens with zero attached hydrogens (tertiary/aromatic N) is 1. The molecule has 0 bridgehead atoms. The summed E-state index contributed by atoms with van der Waals surface area (Å²) in [4.78, 5) is 37.1. The van der Waals surface area contributed by atoms with Crippen LogP contribution in [0.1, 0.15) is 21.5 Å². The van der Waals surface area contributed by atoms with Gasteiger partial charge in [0, 0.05) is 19.2 Å². The number of rotatable bonds is 7. The maximum Gasteiger partial charge on any atom is 0.325 e. The third-order valence-corrected chi connectivity index (χ3v) is 3.87. The molecule has 0 radical (unpaired) electrons. The highest BCUT2D eigenvalue weighted by molar-refractivity contribution is 5.97. The first-order chi connectivity index (χ1) is 12.9. The Kier molecular flexibility index (Phi) is 7.05. The number of aryl methyl sites for hydroxylation is 1. The molecule has 0 saturated heterocycles.